The molecule has 0 amide bonds. The molecule has 0 aromatic rings. The third kappa shape index (κ3) is 19.8. The molecule has 15 heavy (non-hydrogen) atoms. The molecule has 0 aliphatic rings. The third-order valence-electron chi connectivity index (χ3n) is 1.39. The van der Waals surface area contributed by atoms with Crippen LogP contribution < -0.4 is 21.7 Å². The van der Waals surface area contributed by atoms with Crippen molar-refractivity contribution >= 4 is 11.9 Å². The van der Waals surface area contributed by atoms with Gasteiger partial charge in [-0.1, -0.05) is 13.8 Å². The van der Waals surface area contributed by atoms with Crippen molar-refractivity contribution in [3.8, 4) is 0 Å². The summed E-state index contributed by atoms with van der Waals surface area (Å²) < 4.78 is 0. The molecular formula is C8H16N2O4Pt. The summed E-state index contributed by atoms with van der Waals surface area (Å²) in [7, 11) is 0. The van der Waals surface area contributed by atoms with Crippen LogP contribution in [0.3, 0.4) is 0 Å². The Labute approximate surface area is 103 Å². The number of hydrogen-bond donors (Lipinski definition) is 2. The summed E-state index contributed by atoms with van der Waals surface area (Å²) in [4.78, 5) is 18.6. The van der Waals surface area contributed by atoms with Gasteiger partial charge in [0.1, 0.15) is 0 Å². The van der Waals surface area contributed by atoms with Gasteiger partial charge in [-0.05, 0) is 18.5 Å². The van der Waals surface area contributed by atoms with Crippen molar-refractivity contribution in [2.45, 2.75) is 20.3 Å². The predicted octanol–water partition coefficient (Wildman–Crippen LogP) is -3.20. The second kappa shape index (κ2) is 10.1. The Balaban J connectivity index is -0.000000180. The molecule has 0 saturated carbocycles. The summed E-state index contributed by atoms with van der Waals surface area (Å²) in [6, 6.07) is 0. The number of aliphatic carboxylic acids is 2. The molecule has 0 aromatic carbocycles. The quantitative estimate of drug-likeness (QED) is 0.479. The van der Waals surface area contributed by atoms with E-state index in [0.29, 0.717) is 13.1 Å². The zero-order chi connectivity index (χ0) is 11.8. The largest absolute Gasteiger partial charge is 2.00 e. The van der Waals surface area contributed by atoms with Gasteiger partial charge in [0.25, 0.3) is 0 Å². The number of hydrogen-bond acceptors (Lipinski definition) is 6. The number of rotatable bonds is 4. The number of carboxylic acid groups (broad SMARTS) is 2. The van der Waals surface area contributed by atoms with E-state index in [-0.39, 0.29) is 26.5 Å². The fourth-order valence-electron chi connectivity index (χ4n) is 0.201. The fourth-order valence-corrected chi connectivity index (χ4v) is 0.201. The monoisotopic (exact) mass is 399 g/mol. The van der Waals surface area contributed by atoms with Gasteiger partial charge in [-0.3, -0.25) is 0 Å². The second-order valence-corrected chi connectivity index (χ2v) is 3.49. The van der Waals surface area contributed by atoms with E-state index >= 15 is 0 Å². The van der Waals surface area contributed by atoms with Crippen LogP contribution in [-0.4, -0.2) is 25.0 Å². The van der Waals surface area contributed by atoms with E-state index < -0.39 is 18.4 Å². The van der Waals surface area contributed by atoms with Crippen molar-refractivity contribution in [1.29, 1.82) is 0 Å². The van der Waals surface area contributed by atoms with Gasteiger partial charge in [-0.15, -0.1) is 0 Å². The molecule has 92 valence electrons. The van der Waals surface area contributed by atoms with Crippen LogP contribution in [0.2, 0.25) is 0 Å². The number of nitrogens with two attached hydrogens (primary N) is 2. The normalized spacial score (nSPS) is 9.33. The first-order valence-electron chi connectivity index (χ1n) is 4.05. The molecule has 0 aromatic heterocycles. The van der Waals surface area contributed by atoms with E-state index in [0.717, 1.165) is 0 Å². The minimum Gasteiger partial charge on any atom is -0.550 e. The molecular weight excluding hydrogens is 383 g/mol. The Kier molecular flexibility index (Phi) is 13.5. The SMILES string of the molecule is CC(C)(CN)CN.O=C([O-])CC(=O)[O-].[Pt+2]. The van der Waals surface area contributed by atoms with Gasteiger partial charge in [0.05, 0.1) is 0 Å². The predicted molar refractivity (Wildman–Crippen MR) is 46.5 cm³/mol. The molecule has 6 nitrogen and oxygen atoms in total. The minimum absolute atomic E-state index is 0. The maximum absolute atomic E-state index is 9.28. The minimum atomic E-state index is -1.63. The van der Waals surface area contributed by atoms with Gasteiger partial charge in [0.2, 0.25) is 0 Å². The van der Waals surface area contributed by atoms with Crippen LogP contribution in [0.25, 0.3) is 0 Å². The van der Waals surface area contributed by atoms with Crippen LogP contribution >= 0.6 is 0 Å². The van der Waals surface area contributed by atoms with E-state index in [2.05, 4.69) is 0 Å². The Morgan fingerprint density at radius 2 is 1.33 bits per heavy atom. The van der Waals surface area contributed by atoms with Gasteiger partial charge in [0.15, 0.2) is 0 Å². The number of carbonyl (C=O) groups is 2. The molecule has 0 heterocycles. The second-order valence-electron chi connectivity index (χ2n) is 3.49. The van der Waals surface area contributed by atoms with Crippen LogP contribution in [-0.2, 0) is 30.7 Å². The first kappa shape index (κ1) is 20.0. The van der Waals surface area contributed by atoms with Crippen molar-refractivity contribution in [3.05, 3.63) is 0 Å². The summed E-state index contributed by atoms with van der Waals surface area (Å²) >= 11 is 0. The van der Waals surface area contributed by atoms with Gasteiger partial charge < -0.3 is 31.3 Å². The molecule has 0 aliphatic carbocycles. The van der Waals surface area contributed by atoms with Gasteiger partial charge in [0, 0.05) is 18.4 Å². The van der Waals surface area contributed by atoms with Crippen LogP contribution in [0.15, 0.2) is 0 Å². The first-order chi connectivity index (χ1) is 6.25. The van der Waals surface area contributed by atoms with E-state index in [1.54, 1.807) is 0 Å². The summed E-state index contributed by atoms with van der Waals surface area (Å²) in [5.74, 6) is -3.25. The third-order valence-corrected chi connectivity index (χ3v) is 1.39. The van der Waals surface area contributed by atoms with Crippen LogP contribution in [0, 0.1) is 5.41 Å². The zero-order valence-electron chi connectivity index (χ0n) is 8.73. The molecule has 0 saturated heterocycles. The van der Waals surface area contributed by atoms with Gasteiger partial charge >= 0.3 is 21.1 Å². The zero-order valence-corrected chi connectivity index (χ0v) is 11.0. The van der Waals surface area contributed by atoms with E-state index in [4.69, 9.17) is 11.5 Å². The molecule has 7 heteroatoms. The summed E-state index contributed by atoms with van der Waals surface area (Å²) in [6.07, 6.45) is -1.03. The van der Waals surface area contributed by atoms with Crippen LogP contribution in [0.4, 0.5) is 0 Å². The van der Waals surface area contributed by atoms with Crippen molar-refractivity contribution in [2.75, 3.05) is 13.1 Å². The maximum Gasteiger partial charge on any atom is 2.00 e. The topological polar surface area (TPSA) is 132 Å². The van der Waals surface area contributed by atoms with E-state index in [1.165, 1.54) is 0 Å². The van der Waals surface area contributed by atoms with Crippen molar-refractivity contribution < 1.29 is 40.9 Å². The average molecular weight is 399 g/mol. The molecule has 0 fully saturated rings. The molecule has 0 rings (SSSR count). The Hall–Kier alpha value is -0.452. The number of carbonyl (C=O) groups excluding carboxylic acids is 2. The maximum atomic E-state index is 9.28. The smallest absolute Gasteiger partial charge is 0.550 e. The van der Waals surface area contributed by atoms with Crippen molar-refractivity contribution in [3.63, 3.8) is 0 Å². The Morgan fingerprint density at radius 1 is 1.07 bits per heavy atom. The molecule has 0 atom stereocenters. The fraction of sp³-hybridized carbons (Fsp3) is 0.750. The standard InChI is InChI=1S/C5H14N2.C3H4O4.Pt/c1-5(2,3-6)4-7;4-2(5)1-3(6)7;/h3-4,6-7H2,1-2H3;1H2,(H,4,5)(H,6,7);/q;;+2/p-2. The van der Waals surface area contributed by atoms with Gasteiger partial charge in [-0.25, -0.2) is 0 Å². The summed E-state index contributed by atoms with van der Waals surface area (Å²) in [6.45, 7) is 5.44. The van der Waals surface area contributed by atoms with E-state index in [1.807, 2.05) is 13.8 Å². The molecule has 0 bridgehead atoms. The Morgan fingerprint density at radius 3 is 1.33 bits per heavy atom. The first-order valence-corrected chi connectivity index (χ1v) is 4.05. The van der Waals surface area contributed by atoms with Gasteiger partial charge in [-0.2, -0.15) is 0 Å². The average Bonchev–Trinajstić information content (AvgIpc) is 2.03. The van der Waals surface area contributed by atoms with Crippen molar-refractivity contribution in [1.82, 2.24) is 0 Å². The number of carboxylic acids is 2. The molecule has 0 aliphatic heterocycles. The molecule has 4 N–H and O–H groups in total. The Bertz CT molecular complexity index is 179. The summed E-state index contributed by atoms with van der Waals surface area (Å²) in [5, 5.41) is 18.6. The molecule has 0 unspecified atom stereocenters. The van der Waals surface area contributed by atoms with Crippen LogP contribution in [0.5, 0.6) is 0 Å². The molecule has 0 spiro atoms. The summed E-state index contributed by atoms with van der Waals surface area (Å²) in [5.41, 5.74) is 10.8. The molecule has 0 radical (unpaired) electrons. The van der Waals surface area contributed by atoms with Crippen LogP contribution in [0.1, 0.15) is 20.3 Å². The van der Waals surface area contributed by atoms with E-state index in [9.17, 15) is 19.8 Å². The van der Waals surface area contributed by atoms with Crippen molar-refractivity contribution in [2.24, 2.45) is 16.9 Å².